The van der Waals surface area contributed by atoms with E-state index in [0.717, 1.165) is 36.8 Å². The van der Waals surface area contributed by atoms with Gasteiger partial charge < -0.3 is 15.1 Å². The summed E-state index contributed by atoms with van der Waals surface area (Å²) in [7, 11) is 0. The van der Waals surface area contributed by atoms with Crippen molar-refractivity contribution in [1.29, 1.82) is 0 Å². The molecule has 1 aromatic carbocycles. The standard InChI is InChI=1S/C22H23N3O3S/c26-20-19-12-24(21(27)14-3-1-2-4-14)8-9-25(19)22(28)17-11-15(5-6-18(17)23-20)16-7-10-29-13-16/h5-7,10-11,13-14,19H,1-4,8-9,12H2,(H,23,26). The van der Waals surface area contributed by atoms with E-state index in [1.54, 1.807) is 27.2 Å². The molecule has 1 aromatic heterocycles. The lowest BCUT2D eigenvalue weighted by Crippen LogP contribution is -2.60. The van der Waals surface area contributed by atoms with Gasteiger partial charge in [-0.2, -0.15) is 11.3 Å². The fraction of sp³-hybridized carbons (Fsp3) is 0.409. The molecule has 0 radical (unpaired) electrons. The average Bonchev–Trinajstić information content (AvgIpc) is 3.45. The van der Waals surface area contributed by atoms with Crippen molar-refractivity contribution < 1.29 is 14.4 Å². The summed E-state index contributed by atoms with van der Waals surface area (Å²) in [5, 5.41) is 6.96. The highest BCUT2D eigenvalue weighted by Crippen LogP contribution is 2.32. The van der Waals surface area contributed by atoms with Crippen LogP contribution in [0.1, 0.15) is 36.0 Å². The lowest BCUT2D eigenvalue weighted by molar-refractivity contribution is -0.139. The van der Waals surface area contributed by atoms with Gasteiger partial charge in [0.15, 0.2) is 0 Å². The lowest BCUT2D eigenvalue weighted by atomic mass is 10.0. The van der Waals surface area contributed by atoms with E-state index in [1.165, 1.54) is 0 Å². The van der Waals surface area contributed by atoms with E-state index in [9.17, 15) is 14.4 Å². The summed E-state index contributed by atoms with van der Waals surface area (Å²) in [6, 6.07) is 6.96. The zero-order valence-corrected chi connectivity index (χ0v) is 16.9. The number of hydrogen-bond acceptors (Lipinski definition) is 4. The highest BCUT2D eigenvalue weighted by Gasteiger charge is 2.41. The lowest BCUT2D eigenvalue weighted by Gasteiger charge is -2.40. The first-order valence-electron chi connectivity index (χ1n) is 10.2. The molecule has 0 bridgehead atoms. The van der Waals surface area contributed by atoms with Gasteiger partial charge >= 0.3 is 0 Å². The molecule has 2 fully saturated rings. The zero-order valence-electron chi connectivity index (χ0n) is 16.1. The van der Waals surface area contributed by atoms with Crippen molar-refractivity contribution in [3.8, 4) is 11.1 Å². The van der Waals surface area contributed by atoms with Gasteiger partial charge in [0, 0.05) is 19.0 Å². The Hall–Kier alpha value is -2.67. The highest BCUT2D eigenvalue weighted by atomic mass is 32.1. The number of nitrogens with zero attached hydrogens (tertiary/aromatic N) is 2. The Morgan fingerprint density at radius 2 is 1.90 bits per heavy atom. The molecule has 3 amide bonds. The molecular weight excluding hydrogens is 386 g/mol. The van der Waals surface area contributed by atoms with E-state index >= 15 is 0 Å². The van der Waals surface area contributed by atoms with E-state index in [4.69, 9.17) is 0 Å². The molecule has 150 valence electrons. The fourth-order valence-corrected chi connectivity index (χ4v) is 5.36. The topological polar surface area (TPSA) is 69.7 Å². The summed E-state index contributed by atoms with van der Waals surface area (Å²) < 4.78 is 0. The maximum atomic E-state index is 13.3. The van der Waals surface area contributed by atoms with Crippen LogP contribution in [0.4, 0.5) is 5.69 Å². The minimum absolute atomic E-state index is 0.0801. The van der Waals surface area contributed by atoms with Crippen LogP contribution in [0.3, 0.4) is 0 Å². The summed E-state index contributed by atoms with van der Waals surface area (Å²) in [6.07, 6.45) is 4.07. The summed E-state index contributed by atoms with van der Waals surface area (Å²) in [4.78, 5) is 42.5. The van der Waals surface area contributed by atoms with Crippen molar-refractivity contribution in [2.75, 3.05) is 25.0 Å². The van der Waals surface area contributed by atoms with E-state index in [1.807, 2.05) is 29.0 Å². The van der Waals surface area contributed by atoms with E-state index in [-0.39, 0.29) is 30.2 Å². The summed E-state index contributed by atoms with van der Waals surface area (Å²) in [5.41, 5.74) is 3.08. The van der Waals surface area contributed by atoms with Crippen LogP contribution in [0.25, 0.3) is 11.1 Å². The average molecular weight is 410 g/mol. The maximum absolute atomic E-state index is 13.3. The van der Waals surface area contributed by atoms with Crippen LogP contribution in [0.5, 0.6) is 0 Å². The van der Waals surface area contributed by atoms with Crippen molar-refractivity contribution in [3.63, 3.8) is 0 Å². The van der Waals surface area contributed by atoms with Gasteiger partial charge in [-0.05, 0) is 52.9 Å². The molecular formula is C22H23N3O3S. The first kappa shape index (κ1) is 18.4. The summed E-state index contributed by atoms with van der Waals surface area (Å²) >= 11 is 1.61. The van der Waals surface area contributed by atoms with Gasteiger partial charge in [0.05, 0.1) is 17.8 Å². The van der Waals surface area contributed by atoms with Gasteiger partial charge in [-0.15, -0.1) is 0 Å². The fourth-order valence-electron chi connectivity index (χ4n) is 4.69. The molecule has 2 aromatic rings. The van der Waals surface area contributed by atoms with E-state index < -0.39 is 6.04 Å². The normalized spacial score (nSPS) is 22.1. The zero-order chi connectivity index (χ0) is 20.0. The molecule has 5 rings (SSSR count). The van der Waals surface area contributed by atoms with Gasteiger partial charge in [-0.3, -0.25) is 14.4 Å². The van der Waals surface area contributed by atoms with Gasteiger partial charge in [-0.1, -0.05) is 18.9 Å². The van der Waals surface area contributed by atoms with E-state index in [2.05, 4.69) is 5.32 Å². The Balaban J connectivity index is 1.42. The quantitative estimate of drug-likeness (QED) is 0.828. The third-order valence-corrected chi connectivity index (χ3v) is 7.01. The van der Waals surface area contributed by atoms with Gasteiger partial charge in [0.1, 0.15) is 6.04 Å². The third kappa shape index (κ3) is 3.23. The van der Waals surface area contributed by atoms with E-state index in [0.29, 0.717) is 24.3 Å². The second-order valence-corrected chi connectivity index (χ2v) is 8.82. The molecule has 3 aliphatic rings. The first-order chi connectivity index (χ1) is 14.1. The number of carbonyl (C=O) groups excluding carboxylic acids is 3. The molecule has 1 atom stereocenters. The molecule has 2 aliphatic heterocycles. The van der Waals surface area contributed by atoms with Crippen LogP contribution in [-0.2, 0) is 9.59 Å². The van der Waals surface area contributed by atoms with Crippen molar-refractivity contribution in [2.24, 2.45) is 5.92 Å². The molecule has 7 heteroatoms. The Kier molecular flexibility index (Phi) is 4.62. The minimum atomic E-state index is -0.640. The number of carbonyl (C=O) groups is 3. The Morgan fingerprint density at radius 3 is 2.66 bits per heavy atom. The number of amides is 3. The number of rotatable bonds is 2. The van der Waals surface area contributed by atoms with Crippen LogP contribution in [-0.4, -0.2) is 53.2 Å². The predicted molar refractivity (Wildman–Crippen MR) is 112 cm³/mol. The van der Waals surface area contributed by atoms with Gasteiger partial charge in [-0.25, -0.2) is 0 Å². The number of hydrogen-bond donors (Lipinski definition) is 1. The maximum Gasteiger partial charge on any atom is 0.256 e. The van der Waals surface area contributed by atoms with Crippen LogP contribution in [0, 0.1) is 5.92 Å². The first-order valence-corrected chi connectivity index (χ1v) is 11.1. The van der Waals surface area contributed by atoms with Crippen molar-refractivity contribution in [3.05, 3.63) is 40.6 Å². The van der Waals surface area contributed by atoms with Gasteiger partial charge in [0.2, 0.25) is 11.8 Å². The number of anilines is 1. The van der Waals surface area contributed by atoms with Crippen molar-refractivity contribution >= 4 is 34.7 Å². The van der Waals surface area contributed by atoms with Crippen molar-refractivity contribution in [2.45, 2.75) is 31.7 Å². The molecule has 3 heterocycles. The smallest absolute Gasteiger partial charge is 0.256 e. The van der Waals surface area contributed by atoms with Crippen LogP contribution >= 0.6 is 11.3 Å². The summed E-state index contributed by atoms with van der Waals surface area (Å²) in [6.45, 7) is 1.15. The van der Waals surface area contributed by atoms with Crippen molar-refractivity contribution in [1.82, 2.24) is 9.80 Å². The molecule has 1 saturated heterocycles. The molecule has 1 unspecified atom stereocenters. The van der Waals surface area contributed by atoms with Crippen LogP contribution in [0.2, 0.25) is 0 Å². The second-order valence-electron chi connectivity index (χ2n) is 8.04. The second kappa shape index (κ2) is 7.30. The molecule has 0 spiro atoms. The molecule has 1 aliphatic carbocycles. The molecule has 1 N–H and O–H groups in total. The third-order valence-electron chi connectivity index (χ3n) is 6.32. The highest BCUT2D eigenvalue weighted by molar-refractivity contribution is 7.08. The molecule has 6 nitrogen and oxygen atoms in total. The molecule has 1 saturated carbocycles. The predicted octanol–water partition coefficient (Wildman–Crippen LogP) is 3.21. The molecule has 29 heavy (non-hydrogen) atoms. The monoisotopic (exact) mass is 409 g/mol. The largest absolute Gasteiger partial charge is 0.338 e. The number of benzene rings is 1. The van der Waals surface area contributed by atoms with Gasteiger partial charge in [0.25, 0.3) is 5.91 Å². The SMILES string of the molecule is O=C1Nc2ccc(-c3ccsc3)cc2C(=O)N2CCN(C(=O)C3CCCC3)CC12. The van der Waals surface area contributed by atoms with Crippen LogP contribution < -0.4 is 5.32 Å². The number of nitrogens with one attached hydrogen (secondary N) is 1. The Labute approximate surface area is 173 Å². The Bertz CT molecular complexity index is 966. The number of fused-ring (bicyclic) bond motifs is 2. The van der Waals surface area contributed by atoms with Crippen LogP contribution in [0.15, 0.2) is 35.0 Å². The minimum Gasteiger partial charge on any atom is -0.338 e. The number of thiophene rings is 1. The summed E-state index contributed by atoms with van der Waals surface area (Å²) in [5.74, 6) is -0.141. The Morgan fingerprint density at radius 1 is 1.07 bits per heavy atom. The number of piperazine rings is 1.